The largest absolute Gasteiger partial charge is 0.334 e. The van der Waals surface area contributed by atoms with E-state index in [1.54, 1.807) is 18.2 Å². The third kappa shape index (κ3) is 4.37. The molecule has 0 aromatic heterocycles. The summed E-state index contributed by atoms with van der Waals surface area (Å²) in [7, 11) is 0. The lowest BCUT2D eigenvalue weighted by atomic mass is 9.97. The Morgan fingerprint density at radius 3 is 2.61 bits per heavy atom. The van der Waals surface area contributed by atoms with Crippen molar-refractivity contribution in [2.24, 2.45) is 0 Å². The zero-order valence-electron chi connectivity index (χ0n) is 17.1. The van der Waals surface area contributed by atoms with Crippen molar-refractivity contribution in [1.29, 1.82) is 0 Å². The van der Waals surface area contributed by atoms with Crippen molar-refractivity contribution in [1.82, 2.24) is 14.7 Å². The molecule has 1 aromatic carbocycles. The van der Waals surface area contributed by atoms with E-state index in [4.69, 9.17) is 0 Å². The molecule has 31 heavy (non-hydrogen) atoms. The Bertz CT molecular complexity index is 950. The minimum absolute atomic E-state index is 0.136. The number of rotatable bonds is 6. The number of imide groups is 2. The monoisotopic (exact) mass is 445 g/mol. The zero-order valence-corrected chi connectivity index (χ0v) is 17.9. The number of amides is 5. The number of hydrogen-bond acceptors (Lipinski definition) is 5. The minimum atomic E-state index is -0.981. The molecule has 2 fully saturated rings. The maximum atomic E-state index is 14.2. The molecule has 2 heterocycles. The van der Waals surface area contributed by atoms with Crippen LogP contribution in [-0.4, -0.2) is 63.8 Å². The molecule has 1 aromatic rings. The van der Waals surface area contributed by atoms with Gasteiger partial charge in [0.25, 0.3) is 0 Å². The van der Waals surface area contributed by atoms with Crippen LogP contribution in [0.15, 0.2) is 35.9 Å². The van der Waals surface area contributed by atoms with Gasteiger partial charge < -0.3 is 4.90 Å². The van der Waals surface area contributed by atoms with Crippen molar-refractivity contribution < 1.29 is 23.6 Å². The van der Waals surface area contributed by atoms with Crippen LogP contribution in [0.5, 0.6) is 0 Å². The maximum absolute atomic E-state index is 14.2. The highest BCUT2D eigenvalue weighted by Crippen LogP contribution is 2.39. The van der Waals surface area contributed by atoms with Crippen molar-refractivity contribution in [3.8, 4) is 0 Å². The standard InChI is InChI=1S/C22H24FN3O4S/c23-17-9-5-4-8-16(17)21-24(12-13-31-21)18(27)14-26-20(29)19(28)25(22(26)30)11-10-15-6-2-1-3-7-15/h4-6,8-9,21H,1-3,7,10-14H2/t21-/m0/s1. The molecular formula is C22H24FN3O4S. The van der Waals surface area contributed by atoms with Crippen molar-refractivity contribution >= 4 is 35.5 Å². The van der Waals surface area contributed by atoms with E-state index in [-0.39, 0.29) is 6.54 Å². The molecule has 0 bridgehead atoms. The first-order valence-electron chi connectivity index (χ1n) is 10.5. The van der Waals surface area contributed by atoms with Crippen molar-refractivity contribution in [2.75, 3.05) is 25.4 Å². The molecule has 7 nitrogen and oxygen atoms in total. The molecule has 0 N–H and O–H groups in total. The van der Waals surface area contributed by atoms with Crippen LogP contribution < -0.4 is 0 Å². The third-order valence-corrected chi connectivity index (χ3v) is 7.10. The van der Waals surface area contributed by atoms with Gasteiger partial charge in [0.05, 0.1) is 0 Å². The average Bonchev–Trinajstić information content (AvgIpc) is 3.34. The highest BCUT2D eigenvalue weighted by molar-refractivity contribution is 7.99. The number of carbonyl (C=O) groups excluding carboxylic acids is 4. The van der Waals surface area contributed by atoms with Gasteiger partial charge in [0.2, 0.25) is 5.91 Å². The second-order valence-corrected chi connectivity index (χ2v) is 9.01. The van der Waals surface area contributed by atoms with E-state index in [2.05, 4.69) is 6.08 Å². The van der Waals surface area contributed by atoms with E-state index in [1.807, 2.05) is 0 Å². The summed E-state index contributed by atoms with van der Waals surface area (Å²) < 4.78 is 14.2. The van der Waals surface area contributed by atoms with Gasteiger partial charge in [0.15, 0.2) is 0 Å². The molecule has 5 amide bonds. The fourth-order valence-electron chi connectivity index (χ4n) is 4.16. The van der Waals surface area contributed by atoms with Crippen LogP contribution in [0.1, 0.15) is 43.0 Å². The van der Waals surface area contributed by atoms with E-state index < -0.39 is 41.5 Å². The Balaban J connectivity index is 1.42. The van der Waals surface area contributed by atoms with Gasteiger partial charge >= 0.3 is 17.8 Å². The van der Waals surface area contributed by atoms with Crippen LogP contribution in [0.2, 0.25) is 0 Å². The summed E-state index contributed by atoms with van der Waals surface area (Å²) >= 11 is 1.42. The Labute approximate surface area is 184 Å². The Kier molecular flexibility index (Phi) is 6.41. The molecule has 0 radical (unpaired) electrons. The quantitative estimate of drug-likeness (QED) is 0.382. The average molecular weight is 446 g/mol. The first kappa shape index (κ1) is 21.5. The predicted molar refractivity (Wildman–Crippen MR) is 113 cm³/mol. The van der Waals surface area contributed by atoms with E-state index >= 15 is 0 Å². The van der Waals surface area contributed by atoms with Gasteiger partial charge in [-0.2, -0.15) is 0 Å². The van der Waals surface area contributed by atoms with E-state index in [0.717, 1.165) is 30.6 Å². The minimum Gasteiger partial charge on any atom is -0.324 e. The van der Waals surface area contributed by atoms with E-state index in [0.29, 0.717) is 29.2 Å². The van der Waals surface area contributed by atoms with Crippen LogP contribution >= 0.6 is 11.8 Å². The van der Waals surface area contributed by atoms with E-state index in [9.17, 15) is 23.6 Å². The SMILES string of the molecule is O=C1C(=O)N(CC(=O)N2CCS[C@H]2c2ccccc2F)C(=O)N1CCC1=CCCCC1. The number of benzene rings is 1. The van der Waals surface area contributed by atoms with Crippen LogP contribution in [0.3, 0.4) is 0 Å². The second-order valence-electron chi connectivity index (χ2n) is 7.82. The highest BCUT2D eigenvalue weighted by Gasteiger charge is 2.46. The Morgan fingerprint density at radius 2 is 1.87 bits per heavy atom. The molecule has 1 atom stereocenters. The summed E-state index contributed by atoms with van der Waals surface area (Å²) in [6.07, 6.45) is 6.84. The van der Waals surface area contributed by atoms with Crippen LogP contribution in [0.25, 0.3) is 0 Å². The number of thioether (sulfide) groups is 1. The number of halogens is 1. The summed E-state index contributed by atoms with van der Waals surface area (Å²) in [5.74, 6) is -2.15. The number of nitrogens with zero attached hydrogens (tertiary/aromatic N) is 3. The second kappa shape index (κ2) is 9.21. The normalized spacial score (nSPS) is 21.8. The van der Waals surface area contributed by atoms with Crippen LogP contribution in [0, 0.1) is 5.82 Å². The van der Waals surface area contributed by atoms with Gasteiger partial charge in [-0.3, -0.25) is 19.3 Å². The summed E-state index contributed by atoms with van der Waals surface area (Å²) in [6.45, 7) is -0.00397. The van der Waals surface area contributed by atoms with Crippen molar-refractivity contribution in [3.63, 3.8) is 0 Å². The molecule has 4 rings (SSSR count). The summed E-state index contributed by atoms with van der Waals surface area (Å²) in [5, 5.41) is -0.522. The fourth-order valence-corrected chi connectivity index (χ4v) is 5.46. The molecule has 0 spiro atoms. The lowest BCUT2D eigenvalue weighted by Crippen LogP contribution is -2.43. The Morgan fingerprint density at radius 1 is 1.10 bits per heavy atom. The molecule has 2 aliphatic heterocycles. The van der Waals surface area contributed by atoms with Crippen LogP contribution in [-0.2, 0) is 14.4 Å². The topological polar surface area (TPSA) is 78.0 Å². The molecule has 0 saturated carbocycles. The van der Waals surface area contributed by atoms with Gasteiger partial charge in [-0.05, 0) is 38.2 Å². The van der Waals surface area contributed by atoms with E-state index in [1.165, 1.54) is 28.3 Å². The Hall–Kier alpha value is -2.68. The molecule has 2 saturated heterocycles. The van der Waals surface area contributed by atoms with Gasteiger partial charge in [-0.25, -0.2) is 14.1 Å². The lowest BCUT2D eigenvalue weighted by molar-refractivity contribution is -0.145. The first-order chi connectivity index (χ1) is 15.0. The third-order valence-electron chi connectivity index (χ3n) is 5.85. The number of urea groups is 1. The van der Waals surface area contributed by atoms with Gasteiger partial charge in [-0.1, -0.05) is 29.8 Å². The molecule has 0 unspecified atom stereocenters. The predicted octanol–water partition coefficient (Wildman–Crippen LogP) is 3.08. The molecule has 9 heteroatoms. The molecule has 3 aliphatic rings. The van der Waals surface area contributed by atoms with Crippen molar-refractivity contribution in [3.05, 3.63) is 47.3 Å². The number of hydrogen-bond donors (Lipinski definition) is 0. The summed E-state index contributed by atoms with van der Waals surface area (Å²) in [6, 6.07) is 5.48. The van der Waals surface area contributed by atoms with Crippen molar-refractivity contribution in [2.45, 2.75) is 37.5 Å². The smallest absolute Gasteiger partial charge is 0.324 e. The summed E-state index contributed by atoms with van der Waals surface area (Å²) in [4.78, 5) is 53.5. The summed E-state index contributed by atoms with van der Waals surface area (Å²) in [5.41, 5.74) is 1.58. The molecular weight excluding hydrogens is 421 g/mol. The highest BCUT2D eigenvalue weighted by atomic mass is 32.2. The van der Waals surface area contributed by atoms with Gasteiger partial charge in [0.1, 0.15) is 17.7 Å². The van der Waals surface area contributed by atoms with Crippen LogP contribution in [0.4, 0.5) is 9.18 Å². The van der Waals surface area contributed by atoms with Gasteiger partial charge in [0, 0.05) is 24.4 Å². The zero-order chi connectivity index (χ0) is 22.0. The number of carbonyl (C=O) groups is 4. The number of allylic oxidation sites excluding steroid dienone is 1. The first-order valence-corrected chi connectivity index (χ1v) is 11.5. The molecule has 1 aliphatic carbocycles. The van der Waals surface area contributed by atoms with Gasteiger partial charge in [-0.15, -0.1) is 11.8 Å². The fraction of sp³-hybridized carbons (Fsp3) is 0.455. The maximum Gasteiger partial charge on any atom is 0.334 e. The lowest BCUT2D eigenvalue weighted by Gasteiger charge is -2.26. The molecule has 164 valence electrons.